The molecule has 1 N–H and O–H groups in total. The average molecular weight is 346 g/mol. The summed E-state index contributed by atoms with van der Waals surface area (Å²) < 4.78 is 6.31. The Labute approximate surface area is 114 Å². The number of carbonyl (C=O) groups is 1. The van der Waals surface area contributed by atoms with E-state index in [1.54, 1.807) is 18.5 Å². The first kappa shape index (κ1) is 12.8. The van der Waals surface area contributed by atoms with Gasteiger partial charge in [0.2, 0.25) is 0 Å². The molecule has 1 saturated carbocycles. The Morgan fingerprint density at radius 3 is 3.12 bits per heavy atom. The number of amides is 1. The third-order valence-electron chi connectivity index (χ3n) is 2.60. The highest BCUT2D eigenvalue weighted by Crippen LogP contribution is 2.28. The van der Waals surface area contributed by atoms with Crippen molar-refractivity contribution in [2.24, 2.45) is 5.92 Å². The van der Waals surface area contributed by atoms with Gasteiger partial charge < -0.3 is 10.1 Å². The molecule has 1 aromatic heterocycles. The topological polar surface area (TPSA) is 51.2 Å². The maximum atomic E-state index is 11.8. The second-order valence-corrected chi connectivity index (χ2v) is 5.29. The Morgan fingerprint density at radius 2 is 2.41 bits per heavy atom. The third-order valence-corrected chi connectivity index (χ3v) is 3.46. The fourth-order valence-corrected chi connectivity index (χ4v) is 2.01. The van der Waals surface area contributed by atoms with Gasteiger partial charge in [-0.05, 0) is 47.4 Å². The zero-order valence-corrected chi connectivity index (χ0v) is 11.6. The van der Waals surface area contributed by atoms with Crippen molar-refractivity contribution in [3.05, 3.63) is 27.6 Å². The number of halogens is 1. The molecule has 1 fully saturated rings. The summed E-state index contributed by atoms with van der Waals surface area (Å²) >= 11 is 2.11. The smallest absolute Gasteiger partial charge is 0.252 e. The summed E-state index contributed by atoms with van der Waals surface area (Å²) in [6, 6.07) is 1.72. The van der Waals surface area contributed by atoms with Gasteiger partial charge >= 0.3 is 0 Å². The van der Waals surface area contributed by atoms with E-state index in [9.17, 15) is 4.79 Å². The molecule has 5 heteroatoms. The van der Waals surface area contributed by atoms with Crippen LogP contribution in [0.2, 0.25) is 0 Å². The molecule has 0 unspecified atom stereocenters. The lowest BCUT2D eigenvalue weighted by Crippen LogP contribution is -2.28. The molecular weight excluding hydrogens is 331 g/mol. The van der Waals surface area contributed by atoms with Gasteiger partial charge in [0.05, 0.1) is 12.2 Å². The van der Waals surface area contributed by atoms with Crippen LogP contribution in [0.5, 0.6) is 0 Å². The SMILES string of the molecule is O=C(NCCOCC1CC1)c1ccncc1I. The summed E-state index contributed by atoms with van der Waals surface area (Å²) in [5.41, 5.74) is 0.669. The molecule has 0 aliphatic heterocycles. The molecule has 2 rings (SSSR count). The molecule has 1 aliphatic carbocycles. The van der Waals surface area contributed by atoms with Crippen molar-refractivity contribution in [2.45, 2.75) is 12.8 Å². The van der Waals surface area contributed by atoms with Crippen LogP contribution in [-0.2, 0) is 4.74 Å². The molecule has 1 amide bonds. The Balaban J connectivity index is 1.67. The number of nitrogens with zero attached hydrogens (tertiary/aromatic N) is 1. The van der Waals surface area contributed by atoms with E-state index >= 15 is 0 Å². The molecule has 4 nitrogen and oxygen atoms in total. The number of hydrogen-bond acceptors (Lipinski definition) is 3. The van der Waals surface area contributed by atoms with Gasteiger partial charge in [0, 0.05) is 29.1 Å². The number of hydrogen-bond donors (Lipinski definition) is 1. The van der Waals surface area contributed by atoms with Crippen molar-refractivity contribution in [3.63, 3.8) is 0 Å². The summed E-state index contributed by atoms with van der Waals surface area (Å²) in [6.07, 6.45) is 5.89. The van der Waals surface area contributed by atoms with E-state index in [1.807, 2.05) is 0 Å². The number of carbonyl (C=O) groups excluding carboxylic acids is 1. The normalized spacial score (nSPS) is 14.6. The lowest BCUT2D eigenvalue weighted by Gasteiger charge is -2.07. The lowest BCUT2D eigenvalue weighted by atomic mass is 10.2. The van der Waals surface area contributed by atoms with E-state index in [0.717, 1.165) is 16.1 Å². The van der Waals surface area contributed by atoms with Crippen LogP contribution in [0, 0.1) is 9.49 Å². The van der Waals surface area contributed by atoms with Crippen LogP contribution in [0.4, 0.5) is 0 Å². The van der Waals surface area contributed by atoms with Crippen molar-refractivity contribution < 1.29 is 9.53 Å². The van der Waals surface area contributed by atoms with E-state index in [2.05, 4.69) is 32.9 Å². The minimum Gasteiger partial charge on any atom is -0.379 e. The molecule has 0 aromatic carbocycles. The molecule has 1 aliphatic rings. The Kier molecular flexibility index (Phi) is 4.73. The van der Waals surface area contributed by atoms with Crippen molar-refractivity contribution >= 4 is 28.5 Å². The van der Waals surface area contributed by atoms with Crippen molar-refractivity contribution in [2.75, 3.05) is 19.8 Å². The van der Waals surface area contributed by atoms with Crippen LogP contribution in [0.3, 0.4) is 0 Å². The van der Waals surface area contributed by atoms with E-state index in [4.69, 9.17) is 4.74 Å². The fourth-order valence-electron chi connectivity index (χ4n) is 1.43. The first-order valence-electron chi connectivity index (χ1n) is 5.73. The fraction of sp³-hybridized carbons (Fsp3) is 0.500. The van der Waals surface area contributed by atoms with Gasteiger partial charge in [0.25, 0.3) is 5.91 Å². The van der Waals surface area contributed by atoms with Gasteiger partial charge in [-0.15, -0.1) is 0 Å². The second-order valence-electron chi connectivity index (χ2n) is 4.13. The molecule has 0 saturated heterocycles. The Hall–Kier alpha value is -0.690. The third kappa shape index (κ3) is 4.23. The predicted molar refractivity (Wildman–Crippen MR) is 72.8 cm³/mol. The summed E-state index contributed by atoms with van der Waals surface area (Å²) in [5.74, 6) is 0.707. The Morgan fingerprint density at radius 1 is 1.59 bits per heavy atom. The maximum absolute atomic E-state index is 11.8. The Bertz CT molecular complexity index is 394. The van der Waals surface area contributed by atoms with E-state index < -0.39 is 0 Å². The maximum Gasteiger partial charge on any atom is 0.252 e. The molecular formula is C12H15IN2O2. The van der Waals surface area contributed by atoms with Crippen LogP contribution in [-0.4, -0.2) is 30.6 Å². The zero-order valence-electron chi connectivity index (χ0n) is 9.49. The summed E-state index contributed by atoms with van der Waals surface area (Å²) in [7, 11) is 0. The highest BCUT2D eigenvalue weighted by atomic mass is 127. The average Bonchev–Trinajstić information content (AvgIpc) is 3.13. The van der Waals surface area contributed by atoms with Crippen LogP contribution >= 0.6 is 22.6 Å². The standard InChI is InChI=1S/C12H15IN2O2/c13-11-7-14-4-3-10(11)12(16)15-5-6-17-8-9-1-2-9/h3-4,7,9H,1-2,5-6,8H2,(H,15,16). The van der Waals surface area contributed by atoms with Gasteiger partial charge in [-0.3, -0.25) is 9.78 Å². The van der Waals surface area contributed by atoms with E-state index in [1.165, 1.54) is 12.8 Å². The first-order valence-corrected chi connectivity index (χ1v) is 6.80. The van der Waals surface area contributed by atoms with Gasteiger partial charge in [0.15, 0.2) is 0 Å². The van der Waals surface area contributed by atoms with Crippen LogP contribution in [0.15, 0.2) is 18.5 Å². The second kappa shape index (κ2) is 6.30. The molecule has 1 aromatic rings. The van der Waals surface area contributed by atoms with E-state index in [0.29, 0.717) is 18.7 Å². The van der Waals surface area contributed by atoms with Crippen molar-refractivity contribution in [1.29, 1.82) is 0 Å². The number of pyridine rings is 1. The highest BCUT2D eigenvalue weighted by molar-refractivity contribution is 14.1. The molecule has 1 heterocycles. The van der Waals surface area contributed by atoms with Gasteiger partial charge in [-0.2, -0.15) is 0 Å². The molecule has 92 valence electrons. The minimum atomic E-state index is -0.0631. The quantitative estimate of drug-likeness (QED) is 0.632. The van der Waals surface area contributed by atoms with Crippen molar-refractivity contribution in [1.82, 2.24) is 10.3 Å². The molecule has 0 atom stereocenters. The van der Waals surface area contributed by atoms with Gasteiger partial charge in [0.1, 0.15) is 0 Å². The molecule has 0 bridgehead atoms. The van der Waals surface area contributed by atoms with E-state index in [-0.39, 0.29) is 5.91 Å². The molecule has 0 radical (unpaired) electrons. The minimum absolute atomic E-state index is 0.0631. The molecule has 17 heavy (non-hydrogen) atoms. The van der Waals surface area contributed by atoms with Crippen LogP contribution in [0.25, 0.3) is 0 Å². The summed E-state index contributed by atoms with van der Waals surface area (Å²) in [5, 5.41) is 2.84. The largest absolute Gasteiger partial charge is 0.379 e. The first-order chi connectivity index (χ1) is 8.27. The number of rotatable bonds is 6. The zero-order chi connectivity index (χ0) is 12.1. The summed E-state index contributed by atoms with van der Waals surface area (Å²) in [6.45, 7) is 1.98. The monoisotopic (exact) mass is 346 g/mol. The number of nitrogens with one attached hydrogen (secondary N) is 1. The highest BCUT2D eigenvalue weighted by Gasteiger charge is 2.20. The summed E-state index contributed by atoms with van der Waals surface area (Å²) in [4.78, 5) is 15.7. The lowest BCUT2D eigenvalue weighted by molar-refractivity contribution is 0.0905. The molecule has 0 spiro atoms. The van der Waals surface area contributed by atoms with Gasteiger partial charge in [-0.1, -0.05) is 0 Å². The van der Waals surface area contributed by atoms with Crippen molar-refractivity contribution in [3.8, 4) is 0 Å². The van der Waals surface area contributed by atoms with Gasteiger partial charge in [-0.25, -0.2) is 0 Å². The van der Waals surface area contributed by atoms with Crippen LogP contribution < -0.4 is 5.32 Å². The van der Waals surface area contributed by atoms with Crippen LogP contribution in [0.1, 0.15) is 23.2 Å². The number of ether oxygens (including phenoxy) is 1. The predicted octanol–water partition coefficient (Wildman–Crippen LogP) is 1.84. The number of aromatic nitrogens is 1.